The van der Waals surface area contributed by atoms with E-state index in [-0.39, 0.29) is 5.41 Å². The van der Waals surface area contributed by atoms with Gasteiger partial charge in [-0.15, -0.1) is 0 Å². The molecule has 0 unspecified atom stereocenters. The molecule has 4 nitrogen and oxygen atoms in total. The van der Waals surface area contributed by atoms with E-state index < -0.39 is 0 Å². The lowest BCUT2D eigenvalue weighted by molar-refractivity contribution is 0.185. The first kappa shape index (κ1) is 17.8. The highest BCUT2D eigenvalue weighted by Crippen LogP contribution is 2.46. The van der Waals surface area contributed by atoms with E-state index in [1.54, 1.807) is 7.11 Å². The van der Waals surface area contributed by atoms with Gasteiger partial charge in [0.2, 0.25) is 0 Å². The molecule has 2 aromatic rings. The third-order valence-corrected chi connectivity index (χ3v) is 5.22. The monoisotopic (exact) mass is 357 g/mol. The maximum Gasteiger partial charge on any atom is 0.193 e. The molecule has 0 amide bonds. The number of hydrogen-bond donors (Lipinski definition) is 2. The second-order valence-electron chi connectivity index (χ2n) is 6.53. The number of nitrogens with one attached hydrogen (secondary N) is 1. The molecule has 132 valence electrons. The fourth-order valence-electron chi connectivity index (χ4n) is 3.35. The molecule has 3 N–H and O–H groups in total. The van der Waals surface area contributed by atoms with Gasteiger partial charge in [-0.3, -0.25) is 4.99 Å². The number of anilines is 1. The van der Waals surface area contributed by atoms with E-state index in [0.717, 1.165) is 29.1 Å². The zero-order valence-electron chi connectivity index (χ0n) is 14.5. The smallest absolute Gasteiger partial charge is 0.193 e. The lowest BCUT2D eigenvalue weighted by atomic mass is 9.64. The summed E-state index contributed by atoms with van der Waals surface area (Å²) >= 11 is 6.41. The van der Waals surface area contributed by atoms with Crippen molar-refractivity contribution in [3.63, 3.8) is 0 Å². The van der Waals surface area contributed by atoms with Crippen molar-refractivity contribution in [2.45, 2.75) is 31.3 Å². The summed E-state index contributed by atoms with van der Waals surface area (Å²) in [6, 6.07) is 16.0. The maximum absolute atomic E-state index is 6.41. The minimum absolute atomic E-state index is 0.0106. The van der Waals surface area contributed by atoms with Crippen LogP contribution in [-0.4, -0.2) is 19.6 Å². The normalized spacial score (nSPS) is 16.3. The van der Waals surface area contributed by atoms with Crippen molar-refractivity contribution in [1.29, 1.82) is 0 Å². The first-order chi connectivity index (χ1) is 12.1. The highest BCUT2D eigenvalue weighted by atomic mass is 35.5. The van der Waals surface area contributed by atoms with Crippen LogP contribution in [0.15, 0.2) is 53.5 Å². The van der Waals surface area contributed by atoms with Crippen LogP contribution in [0.1, 0.15) is 30.4 Å². The van der Waals surface area contributed by atoms with E-state index in [9.17, 15) is 0 Å². The van der Waals surface area contributed by atoms with Gasteiger partial charge >= 0.3 is 0 Å². The van der Waals surface area contributed by atoms with Crippen molar-refractivity contribution in [2.24, 2.45) is 10.7 Å². The number of guanidine groups is 1. The molecule has 0 radical (unpaired) electrons. The van der Waals surface area contributed by atoms with E-state index >= 15 is 0 Å². The Kier molecular flexibility index (Phi) is 5.61. The summed E-state index contributed by atoms with van der Waals surface area (Å²) in [4.78, 5) is 4.62. The first-order valence-corrected chi connectivity index (χ1v) is 8.91. The van der Waals surface area contributed by atoms with E-state index in [0.29, 0.717) is 19.1 Å². The molecule has 2 aromatic carbocycles. The molecule has 25 heavy (non-hydrogen) atoms. The number of aliphatic imine (C=N–C) groups is 1. The van der Waals surface area contributed by atoms with Gasteiger partial charge in [0.25, 0.3) is 0 Å². The predicted octanol–water partition coefficient (Wildman–Crippen LogP) is 4.33. The van der Waals surface area contributed by atoms with Gasteiger partial charge in [0.15, 0.2) is 5.96 Å². The standard InChI is InChI=1S/C20H24ClN3O/c1-25-13-15-7-2-5-10-18(15)24-19(22)23-14-20(11-6-12-20)16-8-3-4-9-17(16)21/h2-5,7-10H,6,11-14H2,1H3,(H3,22,23,24). The van der Waals surface area contributed by atoms with Crippen molar-refractivity contribution < 1.29 is 4.74 Å². The minimum atomic E-state index is 0.0106. The zero-order valence-corrected chi connectivity index (χ0v) is 15.2. The largest absolute Gasteiger partial charge is 0.380 e. The van der Waals surface area contributed by atoms with Crippen LogP contribution in [-0.2, 0) is 16.8 Å². The van der Waals surface area contributed by atoms with Crippen LogP contribution in [0, 0.1) is 0 Å². The van der Waals surface area contributed by atoms with Gasteiger partial charge in [0, 0.05) is 28.8 Å². The second kappa shape index (κ2) is 7.89. The van der Waals surface area contributed by atoms with Gasteiger partial charge in [-0.25, -0.2) is 0 Å². The maximum atomic E-state index is 6.41. The fraction of sp³-hybridized carbons (Fsp3) is 0.350. The number of rotatable bonds is 6. The van der Waals surface area contributed by atoms with Crippen molar-refractivity contribution in [1.82, 2.24) is 0 Å². The summed E-state index contributed by atoms with van der Waals surface area (Å²) in [7, 11) is 1.68. The van der Waals surface area contributed by atoms with Crippen molar-refractivity contribution >= 4 is 23.2 Å². The van der Waals surface area contributed by atoms with E-state index in [2.05, 4.69) is 16.4 Å². The van der Waals surface area contributed by atoms with E-state index in [4.69, 9.17) is 22.1 Å². The van der Waals surface area contributed by atoms with Crippen LogP contribution in [0.25, 0.3) is 0 Å². The third kappa shape index (κ3) is 3.97. The minimum Gasteiger partial charge on any atom is -0.380 e. The molecule has 0 bridgehead atoms. The number of ether oxygens (including phenoxy) is 1. The molecule has 0 atom stereocenters. The number of methoxy groups -OCH3 is 1. The van der Waals surface area contributed by atoms with Gasteiger partial charge in [-0.2, -0.15) is 0 Å². The molecule has 5 heteroatoms. The summed E-state index contributed by atoms with van der Waals surface area (Å²) in [6.07, 6.45) is 3.38. The summed E-state index contributed by atoms with van der Waals surface area (Å²) in [5.74, 6) is 0.418. The molecular formula is C20H24ClN3O. The zero-order chi connectivity index (χ0) is 17.7. The molecule has 1 saturated carbocycles. The molecule has 0 saturated heterocycles. The Hall–Kier alpha value is -2.04. The summed E-state index contributed by atoms with van der Waals surface area (Å²) in [5, 5.41) is 4.01. The highest BCUT2D eigenvalue weighted by molar-refractivity contribution is 6.31. The predicted molar refractivity (Wildman–Crippen MR) is 104 cm³/mol. The van der Waals surface area contributed by atoms with Gasteiger partial charge < -0.3 is 15.8 Å². The van der Waals surface area contributed by atoms with Gasteiger partial charge in [-0.1, -0.05) is 54.4 Å². The van der Waals surface area contributed by atoms with Crippen LogP contribution in [0.4, 0.5) is 5.69 Å². The van der Waals surface area contributed by atoms with Crippen LogP contribution in [0.2, 0.25) is 5.02 Å². The number of halogens is 1. The van der Waals surface area contributed by atoms with Gasteiger partial charge in [0.1, 0.15) is 0 Å². The number of nitrogens with two attached hydrogens (primary N) is 1. The number of benzene rings is 2. The summed E-state index contributed by atoms with van der Waals surface area (Å²) < 4.78 is 5.23. The Bertz CT molecular complexity index is 756. The molecule has 0 spiro atoms. The summed E-state index contributed by atoms with van der Waals surface area (Å²) in [6.45, 7) is 1.17. The summed E-state index contributed by atoms with van der Waals surface area (Å²) in [5.41, 5.74) is 9.30. The van der Waals surface area contributed by atoms with E-state index in [1.165, 1.54) is 12.0 Å². The number of hydrogen-bond acceptors (Lipinski definition) is 2. The van der Waals surface area contributed by atoms with Crippen molar-refractivity contribution in [3.05, 3.63) is 64.7 Å². The quantitative estimate of drug-likeness (QED) is 0.597. The molecule has 0 aliphatic heterocycles. The molecule has 3 rings (SSSR count). The topological polar surface area (TPSA) is 59.6 Å². The fourth-order valence-corrected chi connectivity index (χ4v) is 3.68. The lowest BCUT2D eigenvalue weighted by Gasteiger charge is -2.41. The molecule has 0 aromatic heterocycles. The Balaban J connectivity index is 1.74. The molecule has 1 fully saturated rings. The molecule has 1 aliphatic rings. The average molecular weight is 358 g/mol. The SMILES string of the molecule is COCc1ccccc1NC(N)=NCC1(c2ccccc2Cl)CCC1. The Morgan fingerprint density at radius 3 is 2.60 bits per heavy atom. The van der Waals surface area contributed by atoms with Gasteiger partial charge in [0.05, 0.1) is 13.2 Å². The first-order valence-electron chi connectivity index (χ1n) is 8.53. The molecule has 1 aliphatic carbocycles. The van der Waals surface area contributed by atoms with Crippen molar-refractivity contribution in [2.75, 3.05) is 19.0 Å². The molecular weight excluding hydrogens is 334 g/mol. The van der Waals surface area contributed by atoms with Crippen LogP contribution < -0.4 is 11.1 Å². The Morgan fingerprint density at radius 1 is 1.20 bits per heavy atom. The number of nitrogens with zero attached hydrogens (tertiary/aromatic N) is 1. The third-order valence-electron chi connectivity index (χ3n) is 4.89. The Morgan fingerprint density at radius 2 is 1.92 bits per heavy atom. The van der Waals surface area contributed by atoms with Crippen LogP contribution in [0.3, 0.4) is 0 Å². The highest BCUT2D eigenvalue weighted by Gasteiger charge is 2.39. The van der Waals surface area contributed by atoms with E-state index in [1.807, 2.05) is 42.5 Å². The lowest BCUT2D eigenvalue weighted by Crippen LogP contribution is -2.39. The van der Waals surface area contributed by atoms with Crippen LogP contribution in [0.5, 0.6) is 0 Å². The molecule has 0 heterocycles. The Labute approximate surface area is 154 Å². The van der Waals surface area contributed by atoms with Crippen LogP contribution >= 0.6 is 11.6 Å². The average Bonchev–Trinajstić information content (AvgIpc) is 2.57. The number of para-hydroxylation sites is 1. The second-order valence-corrected chi connectivity index (χ2v) is 6.94. The van der Waals surface area contributed by atoms with Crippen molar-refractivity contribution in [3.8, 4) is 0 Å². The van der Waals surface area contributed by atoms with Gasteiger partial charge in [-0.05, 0) is 30.5 Å².